The highest BCUT2D eigenvalue weighted by molar-refractivity contribution is 5.19. The SMILES string of the molecule is [CH]1CCC2C(=CCC3C4CCCC4CCC23)C1. The predicted molar refractivity (Wildman–Crippen MR) is 71.4 cm³/mol. The Morgan fingerprint density at radius 1 is 0.882 bits per heavy atom. The van der Waals surface area contributed by atoms with Crippen LogP contribution in [0.3, 0.4) is 0 Å². The molecule has 4 aliphatic rings. The normalized spacial score (nSPS) is 48.9. The van der Waals surface area contributed by atoms with Gasteiger partial charge in [0.05, 0.1) is 0 Å². The summed E-state index contributed by atoms with van der Waals surface area (Å²) in [6.07, 6.45) is 18.6. The first kappa shape index (κ1) is 10.6. The maximum absolute atomic E-state index is 2.65. The van der Waals surface area contributed by atoms with Crippen molar-refractivity contribution < 1.29 is 0 Å². The molecule has 93 valence electrons. The number of rotatable bonds is 0. The summed E-state index contributed by atoms with van der Waals surface area (Å²) in [5.41, 5.74) is 1.83. The number of allylic oxidation sites excluding steroid dienone is 2. The number of hydrogen-bond acceptors (Lipinski definition) is 0. The maximum Gasteiger partial charge on any atom is -0.0172 e. The van der Waals surface area contributed by atoms with Crippen LogP contribution in [0.4, 0.5) is 0 Å². The van der Waals surface area contributed by atoms with Crippen LogP contribution in [0.1, 0.15) is 57.8 Å². The molecule has 4 aliphatic carbocycles. The van der Waals surface area contributed by atoms with Gasteiger partial charge in [0.25, 0.3) is 0 Å². The monoisotopic (exact) mass is 229 g/mol. The van der Waals surface area contributed by atoms with E-state index in [4.69, 9.17) is 0 Å². The Morgan fingerprint density at radius 2 is 1.88 bits per heavy atom. The van der Waals surface area contributed by atoms with Crippen LogP contribution in [0, 0.1) is 36.0 Å². The summed E-state index contributed by atoms with van der Waals surface area (Å²) in [5.74, 6) is 5.42. The van der Waals surface area contributed by atoms with E-state index in [2.05, 4.69) is 12.5 Å². The topological polar surface area (TPSA) is 0 Å². The first-order valence-corrected chi connectivity index (χ1v) is 7.94. The minimum absolute atomic E-state index is 1.00. The van der Waals surface area contributed by atoms with Gasteiger partial charge in [-0.15, -0.1) is 0 Å². The molecule has 0 aliphatic heterocycles. The maximum atomic E-state index is 2.65. The third-order valence-corrected chi connectivity index (χ3v) is 6.40. The zero-order chi connectivity index (χ0) is 11.2. The molecule has 4 rings (SSSR count). The van der Waals surface area contributed by atoms with Crippen molar-refractivity contribution in [1.29, 1.82) is 0 Å². The van der Waals surface area contributed by atoms with Crippen LogP contribution in [0.25, 0.3) is 0 Å². The summed E-state index contributed by atoms with van der Waals surface area (Å²) >= 11 is 0. The molecule has 5 atom stereocenters. The second-order valence-corrected chi connectivity index (χ2v) is 6.95. The molecule has 17 heavy (non-hydrogen) atoms. The molecule has 3 saturated carbocycles. The van der Waals surface area contributed by atoms with Crippen molar-refractivity contribution in [1.82, 2.24) is 0 Å². The minimum atomic E-state index is 1.00. The summed E-state index contributed by atoms with van der Waals surface area (Å²) in [4.78, 5) is 0. The van der Waals surface area contributed by atoms with Gasteiger partial charge in [-0.3, -0.25) is 0 Å². The molecular weight excluding hydrogens is 204 g/mol. The fraction of sp³-hybridized carbons (Fsp3) is 0.824. The van der Waals surface area contributed by atoms with Gasteiger partial charge in [0.1, 0.15) is 0 Å². The summed E-state index contributed by atoms with van der Waals surface area (Å²) in [6.45, 7) is 0. The van der Waals surface area contributed by atoms with Crippen molar-refractivity contribution >= 4 is 0 Å². The highest BCUT2D eigenvalue weighted by Gasteiger charge is 2.46. The Bertz CT molecular complexity index is 327. The number of hydrogen-bond donors (Lipinski definition) is 0. The van der Waals surface area contributed by atoms with E-state index >= 15 is 0 Å². The predicted octanol–water partition coefficient (Wildman–Crippen LogP) is 4.76. The average Bonchev–Trinajstić information content (AvgIpc) is 2.86. The Hall–Kier alpha value is -0.260. The zero-order valence-corrected chi connectivity index (χ0v) is 10.9. The first-order chi connectivity index (χ1) is 8.43. The third-order valence-electron chi connectivity index (χ3n) is 6.40. The standard InChI is InChI=1S/C17H25/c1-2-6-14-12(4-1)8-10-17-15-7-3-5-13(15)9-11-16(14)17/h1,8,13-17H,2-7,9-11H2. The lowest BCUT2D eigenvalue weighted by molar-refractivity contribution is 0.0664. The molecule has 0 saturated heterocycles. The van der Waals surface area contributed by atoms with Crippen molar-refractivity contribution in [3.05, 3.63) is 18.1 Å². The molecule has 0 heterocycles. The molecule has 0 bridgehead atoms. The lowest BCUT2D eigenvalue weighted by Crippen LogP contribution is -2.39. The van der Waals surface area contributed by atoms with Crippen LogP contribution in [-0.4, -0.2) is 0 Å². The largest absolute Gasteiger partial charge is 0.0847 e. The number of fused-ring (bicyclic) bond motifs is 5. The van der Waals surface area contributed by atoms with Gasteiger partial charge in [0, 0.05) is 0 Å². The van der Waals surface area contributed by atoms with E-state index in [0.29, 0.717) is 0 Å². The molecule has 0 aromatic rings. The van der Waals surface area contributed by atoms with E-state index < -0.39 is 0 Å². The second kappa shape index (κ2) is 4.14. The molecule has 3 fully saturated rings. The summed E-state index contributed by atoms with van der Waals surface area (Å²) in [5, 5.41) is 0. The van der Waals surface area contributed by atoms with Crippen LogP contribution in [-0.2, 0) is 0 Å². The lowest BCUT2D eigenvalue weighted by atomic mass is 9.57. The van der Waals surface area contributed by atoms with Crippen molar-refractivity contribution in [3.8, 4) is 0 Å². The molecular formula is C17H25. The Morgan fingerprint density at radius 3 is 2.88 bits per heavy atom. The van der Waals surface area contributed by atoms with Crippen molar-refractivity contribution in [3.63, 3.8) is 0 Å². The second-order valence-electron chi connectivity index (χ2n) is 6.95. The third kappa shape index (κ3) is 1.63. The first-order valence-electron chi connectivity index (χ1n) is 7.94. The van der Waals surface area contributed by atoms with Crippen LogP contribution in [0.5, 0.6) is 0 Å². The van der Waals surface area contributed by atoms with Crippen molar-refractivity contribution in [2.24, 2.45) is 29.6 Å². The fourth-order valence-electron chi connectivity index (χ4n) is 5.69. The Kier molecular flexibility index (Phi) is 2.59. The van der Waals surface area contributed by atoms with E-state index in [1.54, 1.807) is 25.7 Å². The molecule has 0 aromatic carbocycles. The van der Waals surface area contributed by atoms with Gasteiger partial charge in [0.2, 0.25) is 0 Å². The van der Waals surface area contributed by atoms with Crippen molar-refractivity contribution in [2.45, 2.75) is 57.8 Å². The van der Waals surface area contributed by atoms with Crippen LogP contribution < -0.4 is 0 Å². The Labute approximate surface area is 106 Å². The summed E-state index contributed by atoms with van der Waals surface area (Å²) < 4.78 is 0. The van der Waals surface area contributed by atoms with Gasteiger partial charge in [0.15, 0.2) is 0 Å². The van der Waals surface area contributed by atoms with Crippen LogP contribution >= 0.6 is 0 Å². The molecule has 0 N–H and O–H groups in total. The van der Waals surface area contributed by atoms with E-state index in [1.807, 2.05) is 5.57 Å². The average molecular weight is 229 g/mol. The lowest BCUT2D eigenvalue weighted by Gasteiger charge is -2.48. The van der Waals surface area contributed by atoms with Gasteiger partial charge in [-0.1, -0.05) is 24.5 Å². The van der Waals surface area contributed by atoms with E-state index in [9.17, 15) is 0 Å². The molecule has 0 amide bonds. The smallest absolute Gasteiger partial charge is 0.0172 e. The van der Waals surface area contributed by atoms with Crippen molar-refractivity contribution in [2.75, 3.05) is 0 Å². The molecule has 1 radical (unpaired) electrons. The highest BCUT2D eigenvalue weighted by atomic mass is 14.5. The summed E-state index contributed by atoms with van der Waals surface area (Å²) in [6, 6.07) is 0. The fourth-order valence-corrected chi connectivity index (χ4v) is 5.69. The van der Waals surface area contributed by atoms with Gasteiger partial charge >= 0.3 is 0 Å². The van der Waals surface area contributed by atoms with Crippen LogP contribution in [0.2, 0.25) is 0 Å². The Balaban J connectivity index is 1.62. The quantitative estimate of drug-likeness (QED) is 0.525. The van der Waals surface area contributed by atoms with Gasteiger partial charge in [-0.25, -0.2) is 0 Å². The van der Waals surface area contributed by atoms with E-state index in [-0.39, 0.29) is 0 Å². The molecule has 0 nitrogen and oxygen atoms in total. The minimum Gasteiger partial charge on any atom is -0.0847 e. The van der Waals surface area contributed by atoms with Gasteiger partial charge < -0.3 is 0 Å². The molecule has 0 heteroatoms. The molecule has 0 spiro atoms. The van der Waals surface area contributed by atoms with Gasteiger partial charge in [-0.2, -0.15) is 0 Å². The van der Waals surface area contributed by atoms with Gasteiger partial charge in [-0.05, 0) is 81.0 Å². The molecule has 5 unspecified atom stereocenters. The van der Waals surface area contributed by atoms with E-state index in [1.165, 1.54) is 32.1 Å². The summed E-state index contributed by atoms with van der Waals surface area (Å²) in [7, 11) is 0. The molecule has 0 aromatic heterocycles. The zero-order valence-electron chi connectivity index (χ0n) is 10.9. The van der Waals surface area contributed by atoms with E-state index in [0.717, 1.165) is 29.6 Å². The highest BCUT2D eigenvalue weighted by Crippen LogP contribution is 2.55. The van der Waals surface area contributed by atoms with Crippen LogP contribution in [0.15, 0.2) is 11.6 Å².